The van der Waals surface area contributed by atoms with Crippen LogP contribution in [-0.4, -0.2) is 14.7 Å². The van der Waals surface area contributed by atoms with Gasteiger partial charge in [-0.2, -0.15) is 0 Å². The van der Waals surface area contributed by atoms with Crippen LogP contribution in [0.2, 0.25) is 10.0 Å². The molecule has 2 aromatic carbocycles. The van der Waals surface area contributed by atoms with E-state index in [0.717, 1.165) is 0 Å². The first-order chi connectivity index (χ1) is 11.4. The van der Waals surface area contributed by atoms with Crippen LogP contribution in [0.3, 0.4) is 0 Å². The van der Waals surface area contributed by atoms with Crippen LogP contribution in [0.5, 0.6) is 0 Å². The maximum absolute atomic E-state index is 13.2. The smallest absolute Gasteiger partial charge is 0.169 e. The number of benzene rings is 2. The van der Waals surface area contributed by atoms with Gasteiger partial charge in [0.2, 0.25) is 0 Å². The lowest BCUT2D eigenvalue weighted by molar-refractivity contribution is 0.204. The van der Waals surface area contributed by atoms with Crippen molar-refractivity contribution in [2.24, 2.45) is 0 Å². The van der Waals surface area contributed by atoms with Crippen LogP contribution in [0, 0.1) is 11.6 Å². The number of imidazole rings is 1. The van der Waals surface area contributed by atoms with Gasteiger partial charge in [0, 0.05) is 17.6 Å². The van der Waals surface area contributed by atoms with E-state index in [4.69, 9.17) is 23.2 Å². The molecule has 124 valence electrons. The third-order valence-corrected chi connectivity index (χ3v) is 3.89. The van der Waals surface area contributed by atoms with Gasteiger partial charge in [-0.05, 0) is 36.4 Å². The lowest BCUT2D eigenvalue weighted by Gasteiger charge is -2.12. The maximum Gasteiger partial charge on any atom is 0.169 e. The molecule has 0 aliphatic rings. The van der Waals surface area contributed by atoms with Gasteiger partial charge in [0.05, 0.1) is 16.4 Å². The van der Waals surface area contributed by atoms with Crippen LogP contribution >= 0.6 is 23.2 Å². The van der Waals surface area contributed by atoms with Crippen molar-refractivity contribution in [2.45, 2.75) is 6.23 Å². The van der Waals surface area contributed by atoms with Gasteiger partial charge >= 0.3 is 0 Å². The Morgan fingerprint density at radius 3 is 2.38 bits per heavy atom. The van der Waals surface area contributed by atoms with E-state index < -0.39 is 17.9 Å². The van der Waals surface area contributed by atoms with E-state index in [9.17, 15) is 13.9 Å². The minimum Gasteiger partial charge on any atom is -0.368 e. The van der Waals surface area contributed by atoms with Gasteiger partial charge in [0.15, 0.2) is 6.23 Å². The zero-order valence-corrected chi connectivity index (χ0v) is 13.6. The summed E-state index contributed by atoms with van der Waals surface area (Å²) in [6, 6.07) is 8.22. The normalized spacial score (nSPS) is 12.2. The van der Waals surface area contributed by atoms with Crippen LogP contribution in [0.4, 0.5) is 14.5 Å². The fourth-order valence-electron chi connectivity index (χ4n) is 2.08. The second-order valence-electron chi connectivity index (χ2n) is 4.98. The van der Waals surface area contributed by atoms with E-state index in [-0.39, 0.29) is 10.0 Å². The Hall–Kier alpha value is -2.15. The van der Waals surface area contributed by atoms with E-state index in [1.807, 2.05) is 0 Å². The molecule has 2 N–H and O–H groups in total. The SMILES string of the molecule is OC(Nc1ccc(F)c(Cl)c1)c1cn(-c2ccc(F)c(Cl)c2)cn1. The third kappa shape index (κ3) is 3.51. The summed E-state index contributed by atoms with van der Waals surface area (Å²) in [6.45, 7) is 0. The number of aliphatic hydroxyl groups is 1. The zero-order chi connectivity index (χ0) is 17.3. The number of aliphatic hydroxyl groups excluding tert-OH is 1. The number of rotatable bonds is 4. The van der Waals surface area contributed by atoms with E-state index >= 15 is 0 Å². The van der Waals surface area contributed by atoms with Gasteiger partial charge in [0.25, 0.3) is 0 Å². The molecule has 0 fully saturated rings. The molecule has 3 aromatic rings. The van der Waals surface area contributed by atoms with Crippen LogP contribution < -0.4 is 5.32 Å². The van der Waals surface area contributed by atoms with Crippen molar-refractivity contribution in [3.05, 3.63) is 76.3 Å². The van der Waals surface area contributed by atoms with Crippen molar-refractivity contribution in [3.8, 4) is 5.69 Å². The van der Waals surface area contributed by atoms with Crippen LogP contribution in [0.1, 0.15) is 11.9 Å². The van der Waals surface area contributed by atoms with Gasteiger partial charge in [-0.25, -0.2) is 13.8 Å². The highest BCUT2D eigenvalue weighted by atomic mass is 35.5. The molecule has 4 nitrogen and oxygen atoms in total. The van der Waals surface area contributed by atoms with Crippen molar-refractivity contribution < 1.29 is 13.9 Å². The minimum atomic E-state index is -1.14. The van der Waals surface area contributed by atoms with Crippen LogP contribution in [-0.2, 0) is 0 Å². The molecule has 24 heavy (non-hydrogen) atoms. The average Bonchev–Trinajstić information content (AvgIpc) is 3.04. The molecule has 1 heterocycles. The van der Waals surface area contributed by atoms with Crippen molar-refractivity contribution in [1.82, 2.24) is 9.55 Å². The van der Waals surface area contributed by atoms with E-state index in [2.05, 4.69) is 10.3 Å². The highest BCUT2D eigenvalue weighted by Gasteiger charge is 2.13. The van der Waals surface area contributed by atoms with E-state index in [0.29, 0.717) is 17.1 Å². The number of aromatic nitrogens is 2. The number of nitrogens with one attached hydrogen (secondary N) is 1. The molecule has 1 atom stereocenters. The minimum absolute atomic E-state index is 0.0117. The highest BCUT2D eigenvalue weighted by Crippen LogP contribution is 2.23. The predicted octanol–water partition coefficient (Wildman–Crippen LogP) is 4.56. The van der Waals surface area contributed by atoms with Crippen molar-refractivity contribution in [3.63, 3.8) is 0 Å². The lowest BCUT2D eigenvalue weighted by Crippen LogP contribution is -2.10. The van der Waals surface area contributed by atoms with Gasteiger partial charge in [0.1, 0.15) is 17.3 Å². The molecule has 3 rings (SSSR count). The molecular formula is C16H11Cl2F2N3O. The maximum atomic E-state index is 13.2. The number of hydrogen-bond acceptors (Lipinski definition) is 3. The topological polar surface area (TPSA) is 50.1 Å². The second kappa shape index (κ2) is 6.76. The molecule has 0 saturated heterocycles. The Labute approximate surface area is 146 Å². The van der Waals surface area contributed by atoms with Gasteiger partial charge in [-0.1, -0.05) is 23.2 Å². The van der Waals surface area contributed by atoms with Crippen molar-refractivity contribution >= 4 is 28.9 Å². The van der Waals surface area contributed by atoms with Crippen LogP contribution in [0.15, 0.2) is 48.9 Å². The summed E-state index contributed by atoms with van der Waals surface area (Å²) in [5.41, 5.74) is 1.35. The standard InChI is InChI=1S/C16H11Cl2F2N3O/c17-11-5-9(1-3-13(11)19)22-16(24)15-7-23(8-21-15)10-2-4-14(20)12(18)6-10/h1-8,16,22,24H. The summed E-state index contributed by atoms with van der Waals surface area (Å²) < 4.78 is 27.9. The molecule has 8 heteroatoms. The molecule has 0 spiro atoms. The summed E-state index contributed by atoms with van der Waals surface area (Å²) in [5.74, 6) is -1.06. The fraction of sp³-hybridized carbons (Fsp3) is 0.0625. The summed E-state index contributed by atoms with van der Waals surface area (Å²) in [7, 11) is 0. The van der Waals surface area contributed by atoms with Gasteiger partial charge in [-0.15, -0.1) is 0 Å². The average molecular weight is 370 g/mol. The third-order valence-electron chi connectivity index (χ3n) is 3.31. The van der Waals surface area contributed by atoms with Gasteiger partial charge in [-0.3, -0.25) is 0 Å². The molecular weight excluding hydrogens is 359 g/mol. The Balaban J connectivity index is 1.79. The monoisotopic (exact) mass is 369 g/mol. The number of halogens is 4. The molecule has 0 bridgehead atoms. The Morgan fingerprint density at radius 1 is 1.04 bits per heavy atom. The molecule has 0 radical (unpaired) electrons. The van der Waals surface area contributed by atoms with Crippen molar-refractivity contribution in [2.75, 3.05) is 5.32 Å². The van der Waals surface area contributed by atoms with Crippen molar-refractivity contribution in [1.29, 1.82) is 0 Å². The van der Waals surface area contributed by atoms with Gasteiger partial charge < -0.3 is 15.0 Å². The number of nitrogens with zero attached hydrogens (tertiary/aromatic N) is 2. The molecule has 1 unspecified atom stereocenters. The fourth-order valence-corrected chi connectivity index (χ4v) is 2.44. The summed E-state index contributed by atoms with van der Waals surface area (Å²) in [5, 5.41) is 12.9. The summed E-state index contributed by atoms with van der Waals surface area (Å²) >= 11 is 11.4. The van der Waals surface area contributed by atoms with E-state index in [1.165, 1.54) is 42.7 Å². The van der Waals surface area contributed by atoms with Crippen LogP contribution in [0.25, 0.3) is 5.69 Å². The number of hydrogen-bond donors (Lipinski definition) is 2. The largest absolute Gasteiger partial charge is 0.368 e. The second-order valence-corrected chi connectivity index (χ2v) is 5.79. The summed E-state index contributed by atoms with van der Waals surface area (Å²) in [6.07, 6.45) is 1.89. The Kier molecular flexibility index (Phi) is 4.71. The first-order valence-corrected chi connectivity index (χ1v) is 7.58. The quantitative estimate of drug-likeness (QED) is 0.662. The molecule has 0 amide bonds. The molecule has 0 aliphatic heterocycles. The lowest BCUT2D eigenvalue weighted by atomic mass is 10.3. The predicted molar refractivity (Wildman–Crippen MR) is 88.5 cm³/mol. The Bertz CT molecular complexity index is 886. The zero-order valence-electron chi connectivity index (χ0n) is 12.0. The first-order valence-electron chi connectivity index (χ1n) is 6.83. The summed E-state index contributed by atoms with van der Waals surface area (Å²) in [4.78, 5) is 4.09. The molecule has 0 aliphatic carbocycles. The molecule has 0 saturated carbocycles. The highest BCUT2D eigenvalue weighted by molar-refractivity contribution is 6.31. The Morgan fingerprint density at radius 2 is 1.71 bits per heavy atom. The van der Waals surface area contributed by atoms with E-state index in [1.54, 1.807) is 10.8 Å². The molecule has 1 aromatic heterocycles. The first kappa shape index (κ1) is 16.7. The number of anilines is 1.